The SMILES string of the molecule is Cc1nccc(CNC(=O)c2cccc(N)c2[N+](=O)[O-])n1. The first-order valence-corrected chi connectivity index (χ1v) is 6.08. The Balaban J connectivity index is 2.18. The molecule has 0 aliphatic rings. The molecule has 1 aromatic heterocycles. The van der Waals surface area contributed by atoms with E-state index in [9.17, 15) is 14.9 Å². The number of benzene rings is 1. The van der Waals surface area contributed by atoms with Crippen molar-refractivity contribution in [1.29, 1.82) is 0 Å². The lowest BCUT2D eigenvalue weighted by molar-refractivity contribution is -0.384. The van der Waals surface area contributed by atoms with E-state index in [-0.39, 0.29) is 17.8 Å². The number of aromatic nitrogens is 2. The summed E-state index contributed by atoms with van der Waals surface area (Å²) in [5, 5.41) is 13.6. The number of nitrogen functional groups attached to an aromatic ring is 1. The standard InChI is InChI=1S/C13H13N5O3/c1-8-15-6-5-9(17-8)7-16-13(19)10-3-2-4-11(14)12(10)18(20)21/h2-6H,7,14H2,1H3,(H,16,19). The average Bonchev–Trinajstić information content (AvgIpc) is 2.44. The molecule has 0 saturated carbocycles. The molecule has 0 saturated heterocycles. The van der Waals surface area contributed by atoms with E-state index in [0.29, 0.717) is 11.5 Å². The molecule has 0 aliphatic carbocycles. The highest BCUT2D eigenvalue weighted by Gasteiger charge is 2.22. The zero-order valence-electron chi connectivity index (χ0n) is 11.2. The molecule has 1 aromatic carbocycles. The lowest BCUT2D eigenvalue weighted by atomic mass is 10.1. The molecule has 8 nitrogen and oxygen atoms in total. The first-order valence-electron chi connectivity index (χ1n) is 6.08. The third-order valence-electron chi connectivity index (χ3n) is 2.76. The van der Waals surface area contributed by atoms with Gasteiger partial charge in [-0.15, -0.1) is 0 Å². The Labute approximate surface area is 120 Å². The molecule has 0 aliphatic heterocycles. The van der Waals surface area contributed by atoms with Crippen LogP contribution in [0.3, 0.4) is 0 Å². The van der Waals surface area contributed by atoms with E-state index in [4.69, 9.17) is 5.73 Å². The molecule has 0 bridgehead atoms. The maximum atomic E-state index is 12.1. The van der Waals surface area contributed by atoms with Gasteiger partial charge in [-0.1, -0.05) is 6.07 Å². The summed E-state index contributed by atoms with van der Waals surface area (Å²) < 4.78 is 0. The number of rotatable bonds is 4. The van der Waals surface area contributed by atoms with E-state index >= 15 is 0 Å². The van der Waals surface area contributed by atoms with Gasteiger partial charge in [0.25, 0.3) is 5.91 Å². The summed E-state index contributed by atoms with van der Waals surface area (Å²) in [4.78, 5) is 30.5. The highest BCUT2D eigenvalue weighted by atomic mass is 16.6. The van der Waals surface area contributed by atoms with Gasteiger partial charge in [0, 0.05) is 6.20 Å². The quantitative estimate of drug-likeness (QED) is 0.494. The smallest absolute Gasteiger partial charge is 0.304 e. The fourth-order valence-corrected chi connectivity index (χ4v) is 1.82. The van der Waals surface area contributed by atoms with E-state index in [1.54, 1.807) is 19.2 Å². The minimum atomic E-state index is -0.668. The number of nitro groups is 1. The molecule has 108 valence electrons. The van der Waals surface area contributed by atoms with E-state index in [1.165, 1.54) is 18.2 Å². The Morgan fingerprint density at radius 3 is 2.86 bits per heavy atom. The van der Waals surface area contributed by atoms with Crippen molar-refractivity contribution in [3.8, 4) is 0 Å². The number of para-hydroxylation sites is 1. The maximum Gasteiger partial charge on any atom is 0.304 e. The summed E-state index contributed by atoms with van der Waals surface area (Å²) in [5.41, 5.74) is 5.64. The summed E-state index contributed by atoms with van der Waals surface area (Å²) in [7, 11) is 0. The second kappa shape index (κ2) is 5.95. The lowest BCUT2D eigenvalue weighted by Gasteiger charge is -2.07. The van der Waals surface area contributed by atoms with Crippen LogP contribution in [0.1, 0.15) is 21.9 Å². The molecule has 0 atom stereocenters. The zero-order valence-corrected chi connectivity index (χ0v) is 11.2. The Bertz CT molecular complexity index is 702. The fraction of sp³-hybridized carbons (Fsp3) is 0.154. The number of aryl methyl sites for hydroxylation is 1. The number of hydrogen-bond acceptors (Lipinski definition) is 6. The van der Waals surface area contributed by atoms with Crippen molar-refractivity contribution in [3.63, 3.8) is 0 Å². The Kier molecular flexibility index (Phi) is 4.07. The van der Waals surface area contributed by atoms with Gasteiger partial charge in [0.05, 0.1) is 17.2 Å². The van der Waals surface area contributed by atoms with Crippen LogP contribution in [0.5, 0.6) is 0 Å². The van der Waals surface area contributed by atoms with Crippen molar-refractivity contribution in [1.82, 2.24) is 15.3 Å². The van der Waals surface area contributed by atoms with Crippen LogP contribution in [-0.4, -0.2) is 20.8 Å². The van der Waals surface area contributed by atoms with E-state index in [0.717, 1.165) is 0 Å². The Morgan fingerprint density at radius 1 is 1.43 bits per heavy atom. The largest absolute Gasteiger partial charge is 0.393 e. The molecule has 0 unspecified atom stereocenters. The molecule has 8 heteroatoms. The van der Waals surface area contributed by atoms with Crippen molar-refractivity contribution in [2.75, 3.05) is 5.73 Å². The van der Waals surface area contributed by atoms with Crippen LogP contribution in [0, 0.1) is 17.0 Å². The first-order chi connectivity index (χ1) is 9.99. The molecule has 2 rings (SSSR count). The number of carbonyl (C=O) groups excluding carboxylic acids is 1. The molecular formula is C13H13N5O3. The van der Waals surface area contributed by atoms with E-state index < -0.39 is 16.5 Å². The number of amides is 1. The summed E-state index contributed by atoms with van der Waals surface area (Å²) in [6.07, 6.45) is 1.58. The molecule has 0 spiro atoms. The van der Waals surface area contributed by atoms with Crippen LogP contribution in [0.2, 0.25) is 0 Å². The molecule has 3 N–H and O–H groups in total. The Morgan fingerprint density at radius 2 is 2.19 bits per heavy atom. The van der Waals surface area contributed by atoms with Gasteiger partial charge in [-0.2, -0.15) is 0 Å². The average molecular weight is 287 g/mol. The van der Waals surface area contributed by atoms with Gasteiger partial charge in [0.1, 0.15) is 17.1 Å². The lowest BCUT2D eigenvalue weighted by Crippen LogP contribution is -2.24. The third kappa shape index (κ3) is 3.30. The second-order valence-electron chi connectivity index (χ2n) is 4.28. The summed E-state index contributed by atoms with van der Waals surface area (Å²) in [5.74, 6) is 0.00181. The van der Waals surface area contributed by atoms with Gasteiger partial charge in [-0.3, -0.25) is 14.9 Å². The van der Waals surface area contributed by atoms with Gasteiger partial charge in [-0.25, -0.2) is 9.97 Å². The van der Waals surface area contributed by atoms with Crippen molar-refractivity contribution >= 4 is 17.3 Å². The molecular weight excluding hydrogens is 274 g/mol. The van der Waals surface area contributed by atoms with Crippen molar-refractivity contribution in [2.24, 2.45) is 0 Å². The summed E-state index contributed by atoms with van der Waals surface area (Å²) in [6.45, 7) is 1.88. The highest BCUT2D eigenvalue weighted by Crippen LogP contribution is 2.25. The number of nitrogens with one attached hydrogen (secondary N) is 1. The van der Waals surface area contributed by atoms with Crippen molar-refractivity contribution in [2.45, 2.75) is 13.5 Å². The van der Waals surface area contributed by atoms with Gasteiger partial charge in [0.15, 0.2) is 0 Å². The minimum Gasteiger partial charge on any atom is -0.393 e. The van der Waals surface area contributed by atoms with Gasteiger partial charge in [0.2, 0.25) is 0 Å². The molecule has 21 heavy (non-hydrogen) atoms. The number of carbonyl (C=O) groups is 1. The fourth-order valence-electron chi connectivity index (χ4n) is 1.82. The van der Waals surface area contributed by atoms with Crippen LogP contribution >= 0.6 is 0 Å². The predicted molar refractivity (Wildman–Crippen MR) is 75.4 cm³/mol. The van der Waals surface area contributed by atoms with Crippen molar-refractivity contribution in [3.05, 3.63) is 57.7 Å². The molecule has 1 heterocycles. The zero-order chi connectivity index (χ0) is 15.4. The summed E-state index contributed by atoms with van der Waals surface area (Å²) in [6, 6.07) is 5.88. The first kappa shape index (κ1) is 14.4. The van der Waals surface area contributed by atoms with Crippen LogP contribution in [0.25, 0.3) is 0 Å². The summed E-state index contributed by atoms with van der Waals surface area (Å²) >= 11 is 0. The molecule has 1 amide bonds. The normalized spacial score (nSPS) is 10.1. The minimum absolute atomic E-state index is 0.0504. The monoisotopic (exact) mass is 287 g/mol. The maximum absolute atomic E-state index is 12.1. The number of nitrogens with zero attached hydrogens (tertiary/aromatic N) is 3. The van der Waals surface area contributed by atoms with Gasteiger partial charge in [-0.05, 0) is 25.1 Å². The Hall–Kier alpha value is -3.03. The number of hydrogen-bond donors (Lipinski definition) is 2. The topological polar surface area (TPSA) is 124 Å². The number of anilines is 1. The molecule has 0 fully saturated rings. The number of nitrogens with two attached hydrogens (primary N) is 1. The molecule has 0 radical (unpaired) electrons. The van der Waals surface area contributed by atoms with Crippen molar-refractivity contribution < 1.29 is 9.72 Å². The highest BCUT2D eigenvalue weighted by molar-refractivity contribution is 6.00. The molecule has 2 aromatic rings. The van der Waals surface area contributed by atoms with Crippen LogP contribution in [0.15, 0.2) is 30.5 Å². The van der Waals surface area contributed by atoms with Crippen LogP contribution in [0.4, 0.5) is 11.4 Å². The van der Waals surface area contributed by atoms with Gasteiger partial charge >= 0.3 is 5.69 Å². The number of nitro benzene ring substituents is 1. The van der Waals surface area contributed by atoms with Crippen LogP contribution < -0.4 is 11.1 Å². The van der Waals surface area contributed by atoms with E-state index in [2.05, 4.69) is 15.3 Å². The second-order valence-corrected chi connectivity index (χ2v) is 4.28. The predicted octanol–water partition coefficient (Wildman–Crippen LogP) is 1.21. The van der Waals surface area contributed by atoms with Gasteiger partial charge < -0.3 is 11.1 Å². The van der Waals surface area contributed by atoms with E-state index in [1.807, 2.05) is 0 Å². The third-order valence-corrected chi connectivity index (χ3v) is 2.76. The van der Waals surface area contributed by atoms with Crippen LogP contribution in [-0.2, 0) is 6.54 Å².